The lowest BCUT2D eigenvalue weighted by Crippen LogP contribution is -2.16. The fourth-order valence-corrected chi connectivity index (χ4v) is 1.95. The van der Waals surface area contributed by atoms with Gasteiger partial charge in [-0.25, -0.2) is 4.39 Å². The Morgan fingerprint density at radius 3 is 2.95 bits per heavy atom. The van der Waals surface area contributed by atoms with Crippen LogP contribution in [-0.2, 0) is 13.1 Å². The number of hydrogen-bond donors (Lipinski definition) is 1. The van der Waals surface area contributed by atoms with E-state index in [9.17, 15) is 4.39 Å². The standard InChI is InChI=1S/C15H20FN3O/c1-3-7-17-10-13-9-15(20-18-13)11-19(2)14-6-4-5-12(16)8-14/h4-6,8-9,17H,3,7,10-11H2,1-2H3. The lowest BCUT2D eigenvalue weighted by molar-refractivity contribution is 0.375. The van der Waals surface area contributed by atoms with Crippen LogP contribution in [0.1, 0.15) is 24.8 Å². The number of aromatic nitrogens is 1. The molecule has 0 bridgehead atoms. The molecule has 0 unspecified atom stereocenters. The van der Waals surface area contributed by atoms with Crippen LogP contribution in [-0.4, -0.2) is 18.7 Å². The van der Waals surface area contributed by atoms with Crippen LogP contribution in [0, 0.1) is 5.82 Å². The summed E-state index contributed by atoms with van der Waals surface area (Å²) in [6, 6.07) is 8.42. The van der Waals surface area contributed by atoms with Gasteiger partial charge in [0.05, 0.1) is 12.2 Å². The summed E-state index contributed by atoms with van der Waals surface area (Å²) >= 11 is 0. The molecular formula is C15H20FN3O. The van der Waals surface area contributed by atoms with Gasteiger partial charge in [0, 0.05) is 25.3 Å². The van der Waals surface area contributed by atoms with Crippen molar-refractivity contribution in [2.75, 3.05) is 18.5 Å². The summed E-state index contributed by atoms with van der Waals surface area (Å²) in [5.74, 6) is 0.529. The normalized spacial score (nSPS) is 10.8. The first-order valence-electron chi connectivity index (χ1n) is 6.81. The van der Waals surface area contributed by atoms with Gasteiger partial charge in [-0.2, -0.15) is 0 Å². The van der Waals surface area contributed by atoms with Gasteiger partial charge in [0.15, 0.2) is 5.76 Å². The highest BCUT2D eigenvalue weighted by molar-refractivity contribution is 5.45. The highest BCUT2D eigenvalue weighted by Crippen LogP contribution is 2.17. The molecule has 2 rings (SSSR count). The van der Waals surface area contributed by atoms with Gasteiger partial charge in [-0.05, 0) is 31.2 Å². The van der Waals surface area contributed by atoms with E-state index in [1.165, 1.54) is 12.1 Å². The zero-order valence-corrected chi connectivity index (χ0v) is 11.9. The third-order valence-corrected chi connectivity index (χ3v) is 2.98. The van der Waals surface area contributed by atoms with Gasteiger partial charge in [0.2, 0.25) is 0 Å². The van der Waals surface area contributed by atoms with Crippen molar-refractivity contribution in [1.29, 1.82) is 0 Å². The maximum atomic E-state index is 13.2. The first-order chi connectivity index (χ1) is 9.69. The van der Waals surface area contributed by atoms with Crippen molar-refractivity contribution in [3.05, 3.63) is 47.6 Å². The predicted molar refractivity (Wildman–Crippen MR) is 77.0 cm³/mol. The van der Waals surface area contributed by atoms with Crippen molar-refractivity contribution in [2.24, 2.45) is 0 Å². The van der Waals surface area contributed by atoms with Crippen LogP contribution >= 0.6 is 0 Å². The summed E-state index contributed by atoms with van der Waals surface area (Å²) in [6.45, 7) is 4.35. The van der Waals surface area contributed by atoms with Gasteiger partial charge in [0.25, 0.3) is 0 Å². The van der Waals surface area contributed by atoms with Crippen LogP contribution < -0.4 is 10.2 Å². The fraction of sp³-hybridized carbons (Fsp3) is 0.400. The predicted octanol–water partition coefficient (Wildman–Crippen LogP) is 2.95. The number of anilines is 1. The van der Waals surface area contributed by atoms with E-state index in [1.54, 1.807) is 6.07 Å². The number of halogens is 1. The molecule has 1 aromatic heterocycles. The molecule has 2 aromatic rings. The molecule has 108 valence electrons. The highest BCUT2D eigenvalue weighted by Gasteiger charge is 2.08. The van der Waals surface area contributed by atoms with Gasteiger partial charge in [-0.1, -0.05) is 18.1 Å². The summed E-state index contributed by atoms with van der Waals surface area (Å²) < 4.78 is 18.5. The van der Waals surface area contributed by atoms with Crippen LogP contribution in [0.3, 0.4) is 0 Å². The minimum atomic E-state index is -0.239. The maximum absolute atomic E-state index is 13.2. The van der Waals surface area contributed by atoms with E-state index >= 15 is 0 Å². The van der Waals surface area contributed by atoms with E-state index in [0.29, 0.717) is 13.1 Å². The monoisotopic (exact) mass is 277 g/mol. The highest BCUT2D eigenvalue weighted by atomic mass is 19.1. The minimum Gasteiger partial charge on any atom is -0.367 e. The Morgan fingerprint density at radius 1 is 1.35 bits per heavy atom. The molecule has 0 spiro atoms. The first-order valence-corrected chi connectivity index (χ1v) is 6.81. The van der Waals surface area contributed by atoms with Crippen molar-refractivity contribution >= 4 is 5.69 Å². The molecule has 4 nitrogen and oxygen atoms in total. The molecule has 0 aliphatic carbocycles. The van der Waals surface area contributed by atoms with E-state index in [0.717, 1.165) is 30.1 Å². The summed E-state index contributed by atoms with van der Waals surface area (Å²) in [6.07, 6.45) is 1.09. The van der Waals surface area contributed by atoms with Crippen molar-refractivity contribution in [1.82, 2.24) is 10.5 Å². The number of rotatable bonds is 7. The molecule has 5 heteroatoms. The second-order valence-corrected chi connectivity index (χ2v) is 4.80. The van der Waals surface area contributed by atoms with Crippen molar-refractivity contribution in [3.8, 4) is 0 Å². The third-order valence-electron chi connectivity index (χ3n) is 2.98. The molecular weight excluding hydrogens is 257 g/mol. The molecule has 0 saturated heterocycles. The van der Waals surface area contributed by atoms with Gasteiger partial charge in [-0.15, -0.1) is 0 Å². The van der Waals surface area contributed by atoms with E-state index in [-0.39, 0.29) is 5.82 Å². The summed E-state index contributed by atoms with van der Waals surface area (Å²) in [4.78, 5) is 1.92. The zero-order valence-electron chi connectivity index (χ0n) is 11.9. The maximum Gasteiger partial charge on any atom is 0.156 e. The molecule has 1 heterocycles. The zero-order chi connectivity index (χ0) is 14.4. The van der Waals surface area contributed by atoms with Gasteiger partial charge in [-0.3, -0.25) is 0 Å². The van der Waals surface area contributed by atoms with E-state index in [1.807, 2.05) is 24.1 Å². The smallest absolute Gasteiger partial charge is 0.156 e. The van der Waals surface area contributed by atoms with Gasteiger partial charge >= 0.3 is 0 Å². The Hall–Kier alpha value is -1.88. The van der Waals surface area contributed by atoms with Crippen LogP contribution in [0.15, 0.2) is 34.9 Å². The number of nitrogens with zero attached hydrogens (tertiary/aromatic N) is 2. The van der Waals surface area contributed by atoms with Gasteiger partial charge in [0.1, 0.15) is 5.82 Å². The molecule has 0 amide bonds. The molecule has 20 heavy (non-hydrogen) atoms. The number of nitrogens with one attached hydrogen (secondary N) is 1. The van der Waals surface area contributed by atoms with E-state index in [4.69, 9.17) is 4.52 Å². The molecule has 0 fully saturated rings. The number of hydrogen-bond acceptors (Lipinski definition) is 4. The second kappa shape index (κ2) is 7.05. The topological polar surface area (TPSA) is 41.3 Å². The molecule has 0 aliphatic heterocycles. The van der Waals surface area contributed by atoms with Crippen molar-refractivity contribution < 1.29 is 8.91 Å². The lowest BCUT2D eigenvalue weighted by atomic mass is 10.2. The largest absolute Gasteiger partial charge is 0.367 e. The SMILES string of the molecule is CCCNCc1cc(CN(C)c2cccc(F)c2)on1. The minimum absolute atomic E-state index is 0.239. The molecule has 0 radical (unpaired) electrons. The average Bonchev–Trinajstić information content (AvgIpc) is 2.86. The quantitative estimate of drug-likeness (QED) is 0.790. The molecule has 1 aromatic carbocycles. The van der Waals surface area contributed by atoms with E-state index < -0.39 is 0 Å². The Morgan fingerprint density at radius 2 is 2.20 bits per heavy atom. The average molecular weight is 277 g/mol. The van der Waals surface area contributed by atoms with Crippen LogP contribution in [0.5, 0.6) is 0 Å². The first kappa shape index (κ1) is 14.5. The molecule has 0 saturated carbocycles. The van der Waals surface area contributed by atoms with Crippen LogP contribution in [0.4, 0.5) is 10.1 Å². The Balaban J connectivity index is 1.92. The fourth-order valence-electron chi connectivity index (χ4n) is 1.95. The van der Waals surface area contributed by atoms with Crippen LogP contribution in [0.25, 0.3) is 0 Å². The van der Waals surface area contributed by atoms with Crippen molar-refractivity contribution in [3.63, 3.8) is 0 Å². The third kappa shape index (κ3) is 4.06. The Kier molecular flexibility index (Phi) is 5.12. The van der Waals surface area contributed by atoms with Crippen molar-refractivity contribution in [2.45, 2.75) is 26.4 Å². The van der Waals surface area contributed by atoms with Crippen LogP contribution in [0.2, 0.25) is 0 Å². The second-order valence-electron chi connectivity index (χ2n) is 4.80. The summed E-state index contributed by atoms with van der Waals surface area (Å²) in [7, 11) is 1.90. The number of benzene rings is 1. The Bertz CT molecular complexity index is 541. The summed E-state index contributed by atoms with van der Waals surface area (Å²) in [5.41, 5.74) is 1.70. The summed E-state index contributed by atoms with van der Waals surface area (Å²) in [5, 5.41) is 7.29. The van der Waals surface area contributed by atoms with E-state index in [2.05, 4.69) is 17.4 Å². The molecule has 1 N–H and O–H groups in total. The Labute approximate surface area is 118 Å². The van der Waals surface area contributed by atoms with Gasteiger partial charge < -0.3 is 14.7 Å². The molecule has 0 atom stereocenters. The molecule has 0 aliphatic rings. The lowest BCUT2D eigenvalue weighted by Gasteiger charge is -2.17.